The predicted octanol–water partition coefficient (Wildman–Crippen LogP) is 5.24. The normalized spacial score (nSPS) is 26.0. The summed E-state index contributed by atoms with van der Waals surface area (Å²) in [6.07, 6.45) is -2.27. The van der Waals surface area contributed by atoms with E-state index in [1.54, 1.807) is 17.8 Å². The Morgan fingerprint density at radius 2 is 2.14 bits per heavy atom. The first-order valence-corrected chi connectivity index (χ1v) is 9.30. The number of benzene rings is 1. The van der Waals surface area contributed by atoms with Crippen LogP contribution in [0.2, 0.25) is 0 Å². The zero-order chi connectivity index (χ0) is 15.9. The first-order valence-electron chi connectivity index (χ1n) is 6.74. The molecule has 3 rings (SSSR count). The SMILES string of the molecule is CC1=CC2=C(c3cccc(C(F)(F)F)c3)NC(CCl)PC2S1. The van der Waals surface area contributed by atoms with Crippen molar-refractivity contribution in [1.82, 2.24) is 5.32 Å². The van der Waals surface area contributed by atoms with E-state index in [1.165, 1.54) is 17.0 Å². The van der Waals surface area contributed by atoms with E-state index in [4.69, 9.17) is 11.6 Å². The second-order valence-corrected chi connectivity index (χ2v) is 8.87. The van der Waals surface area contributed by atoms with Crippen LogP contribution in [0.5, 0.6) is 0 Å². The van der Waals surface area contributed by atoms with Gasteiger partial charge in [-0.15, -0.1) is 23.4 Å². The molecule has 0 amide bonds. The molecule has 1 N–H and O–H groups in total. The molecule has 2 aliphatic rings. The number of nitrogens with one attached hydrogen (secondary N) is 1. The molecule has 0 aliphatic carbocycles. The van der Waals surface area contributed by atoms with Crippen LogP contribution in [-0.2, 0) is 6.18 Å². The van der Waals surface area contributed by atoms with Gasteiger partial charge >= 0.3 is 6.18 Å². The Morgan fingerprint density at radius 1 is 1.36 bits per heavy atom. The Bertz CT molecular complexity index is 656. The van der Waals surface area contributed by atoms with E-state index in [9.17, 15) is 13.2 Å². The number of fused-ring (bicyclic) bond motifs is 1. The van der Waals surface area contributed by atoms with E-state index in [0.29, 0.717) is 25.0 Å². The average Bonchev–Trinajstić information content (AvgIpc) is 2.85. The van der Waals surface area contributed by atoms with Crippen LogP contribution < -0.4 is 5.32 Å². The van der Waals surface area contributed by atoms with Crippen molar-refractivity contribution >= 4 is 37.6 Å². The summed E-state index contributed by atoms with van der Waals surface area (Å²) in [6.45, 7) is 2.03. The van der Waals surface area contributed by atoms with Gasteiger partial charge in [0.25, 0.3) is 0 Å². The molecule has 0 aromatic heterocycles. The number of hydrogen-bond acceptors (Lipinski definition) is 2. The van der Waals surface area contributed by atoms with E-state index >= 15 is 0 Å². The molecule has 7 heteroatoms. The third-order valence-electron chi connectivity index (χ3n) is 3.54. The first-order chi connectivity index (χ1) is 10.4. The highest BCUT2D eigenvalue weighted by molar-refractivity contribution is 8.08. The second kappa shape index (κ2) is 6.10. The zero-order valence-electron chi connectivity index (χ0n) is 11.7. The van der Waals surface area contributed by atoms with Gasteiger partial charge in [0.15, 0.2) is 0 Å². The summed E-state index contributed by atoms with van der Waals surface area (Å²) in [7, 11) is 0.618. The van der Waals surface area contributed by atoms with Crippen LogP contribution in [0.25, 0.3) is 5.70 Å². The molecule has 2 aliphatic heterocycles. The fraction of sp³-hybridized carbons (Fsp3) is 0.333. The molecule has 2 heterocycles. The van der Waals surface area contributed by atoms with Crippen LogP contribution in [-0.4, -0.2) is 16.7 Å². The van der Waals surface area contributed by atoms with Crippen LogP contribution in [0.1, 0.15) is 18.1 Å². The minimum absolute atomic E-state index is 0.103. The smallest absolute Gasteiger partial charge is 0.377 e. The van der Waals surface area contributed by atoms with Crippen molar-refractivity contribution in [3.63, 3.8) is 0 Å². The lowest BCUT2D eigenvalue weighted by Gasteiger charge is -2.31. The van der Waals surface area contributed by atoms with Crippen LogP contribution in [0, 0.1) is 0 Å². The number of rotatable bonds is 2. The van der Waals surface area contributed by atoms with Gasteiger partial charge in [0, 0.05) is 11.6 Å². The molecular weight excluding hydrogens is 350 g/mol. The van der Waals surface area contributed by atoms with Crippen LogP contribution in [0.15, 0.2) is 40.8 Å². The highest BCUT2D eigenvalue weighted by Crippen LogP contribution is 2.52. The lowest BCUT2D eigenvalue weighted by atomic mass is 10.0. The molecule has 3 unspecified atom stereocenters. The minimum Gasteiger partial charge on any atom is -0.377 e. The Labute approximate surface area is 138 Å². The molecule has 3 atom stereocenters. The number of thioether (sulfide) groups is 1. The molecule has 118 valence electrons. The van der Waals surface area contributed by atoms with E-state index in [-0.39, 0.29) is 5.78 Å². The van der Waals surface area contributed by atoms with Crippen molar-refractivity contribution in [3.8, 4) is 0 Å². The maximum absolute atomic E-state index is 12.9. The van der Waals surface area contributed by atoms with Crippen molar-refractivity contribution in [3.05, 3.63) is 51.9 Å². The first kappa shape index (κ1) is 16.2. The molecule has 1 aromatic rings. The molecule has 0 radical (unpaired) electrons. The molecule has 1 nitrogen and oxygen atoms in total. The lowest BCUT2D eigenvalue weighted by Crippen LogP contribution is -2.32. The summed E-state index contributed by atoms with van der Waals surface area (Å²) in [6, 6.07) is 5.47. The number of allylic oxidation sites excluding steroid dienone is 2. The van der Waals surface area contributed by atoms with Crippen LogP contribution >= 0.6 is 31.9 Å². The molecule has 0 saturated carbocycles. The molecule has 0 fully saturated rings. The lowest BCUT2D eigenvalue weighted by molar-refractivity contribution is -0.137. The Morgan fingerprint density at radius 3 is 2.82 bits per heavy atom. The largest absolute Gasteiger partial charge is 0.416 e. The topological polar surface area (TPSA) is 12.0 Å². The highest BCUT2D eigenvalue weighted by Gasteiger charge is 2.34. The van der Waals surface area contributed by atoms with E-state index in [1.807, 2.05) is 6.92 Å². The Hall–Kier alpha value is -0.640. The Kier molecular flexibility index (Phi) is 4.50. The average molecular weight is 364 g/mol. The van der Waals surface area contributed by atoms with E-state index in [2.05, 4.69) is 11.4 Å². The summed E-state index contributed by atoms with van der Waals surface area (Å²) >= 11 is 7.75. The van der Waals surface area contributed by atoms with Gasteiger partial charge in [0.2, 0.25) is 0 Å². The van der Waals surface area contributed by atoms with Gasteiger partial charge in [0.05, 0.1) is 16.3 Å². The van der Waals surface area contributed by atoms with Gasteiger partial charge in [-0.1, -0.05) is 20.7 Å². The Balaban J connectivity index is 2.06. The fourth-order valence-corrected chi connectivity index (χ4v) is 6.21. The van der Waals surface area contributed by atoms with Crippen LogP contribution in [0.4, 0.5) is 13.2 Å². The molecule has 22 heavy (non-hydrogen) atoms. The van der Waals surface area contributed by atoms with Gasteiger partial charge < -0.3 is 5.32 Å². The quantitative estimate of drug-likeness (QED) is 0.569. The standard InChI is InChI=1S/C15H14ClF3NPS/c1-8-5-11-13(20-12(7-16)21-14(11)22-8)9-3-2-4-10(6-9)15(17,18)19/h2-6,12,14,20-21H,7H2,1H3. The minimum atomic E-state index is -4.33. The number of alkyl halides is 4. The molecule has 1 aromatic carbocycles. The maximum Gasteiger partial charge on any atom is 0.416 e. The van der Waals surface area contributed by atoms with Crippen molar-refractivity contribution in [1.29, 1.82) is 0 Å². The van der Waals surface area contributed by atoms with Crippen molar-refractivity contribution < 1.29 is 13.2 Å². The number of hydrogen-bond donors (Lipinski definition) is 1. The zero-order valence-corrected chi connectivity index (χ0v) is 14.2. The van der Waals surface area contributed by atoms with Gasteiger partial charge in [-0.2, -0.15) is 13.2 Å². The predicted molar refractivity (Wildman–Crippen MR) is 89.5 cm³/mol. The van der Waals surface area contributed by atoms with Gasteiger partial charge in [-0.3, -0.25) is 0 Å². The van der Waals surface area contributed by atoms with Crippen molar-refractivity contribution in [2.24, 2.45) is 0 Å². The van der Waals surface area contributed by atoms with Crippen LogP contribution in [0.3, 0.4) is 0 Å². The van der Waals surface area contributed by atoms with Gasteiger partial charge in [-0.25, -0.2) is 0 Å². The summed E-state index contributed by atoms with van der Waals surface area (Å²) in [5, 5.41) is 3.32. The van der Waals surface area contributed by atoms with E-state index in [0.717, 1.165) is 17.3 Å². The van der Waals surface area contributed by atoms with Gasteiger partial charge in [-0.05, 0) is 41.2 Å². The van der Waals surface area contributed by atoms with Crippen molar-refractivity contribution in [2.75, 3.05) is 5.88 Å². The molecule has 0 saturated heterocycles. The van der Waals surface area contributed by atoms with Crippen molar-refractivity contribution in [2.45, 2.75) is 23.9 Å². The molecular formula is C15H14ClF3NPS. The second-order valence-electron chi connectivity index (χ2n) is 5.18. The summed E-state index contributed by atoms with van der Waals surface area (Å²) in [4.78, 5) is 1.49. The maximum atomic E-state index is 12.9. The summed E-state index contributed by atoms with van der Waals surface area (Å²) in [5.74, 6) is 0.552. The third kappa shape index (κ3) is 3.17. The third-order valence-corrected chi connectivity index (χ3v) is 7.21. The summed E-state index contributed by atoms with van der Waals surface area (Å²) in [5.41, 5.74) is 1.81. The van der Waals surface area contributed by atoms with E-state index < -0.39 is 11.7 Å². The monoisotopic (exact) mass is 363 g/mol. The highest BCUT2D eigenvalue weighted by atomic mass is 35.5. The number of halogens is 4. The molecule has 0 spiro atoms. The van der Waals surface area contributed by atoms with Gasteiger partial charge in [0.1, 0.15) is 0 Å². The molecule has 0 bridgehead atoms. The fourth-order valence-electron chi connectivity index (χ4n) is 2.57. The summed E-state index contributed by atoms with van der Waals surface area (Å²) < 4.78 is 38.8.